The zero-order valence-corrected chi connectivity index (χ0v) is 18.9. The minimum absolute atomic E-state index is 0.0777. The molecule has 0 spiro atoms. The Morgan fingerprint density at radius 2 is 1.47 bits per heavy atom. The summed E-state index contributed by atoms with van der Waals surface area (Å²) in [5, 5.41) is 2.61. The topological polar surface area (TPSA) is 43.6 Å². The molecular weight excluding hydrogens is 420 g/mol. The van der Waals surface area contributed by atoms with Gasteiger partial charge in [-0.05, 0) is 59.8 Å². The average molecular weight is 443 g/mol. The number of methoxy groups -OCH3 is 1. The summed E-state index contributed by atoms with van der Waals surface area (Å²) >= 11 is 0. The number of pyridine rings is 1. The van der Waals surface area contributed by atoms with Crippen molar-refractivity contribution >= 4 is 27.3 Å². The minimum Gasteiger partial charge on any atom is -0.497 e. The van der Waals surface area contributed by atoms with Crippen LogP contribution in [0.25, 0.3) is 49.7 Å². The third kappa shape index (κ3) is 3.07. The first kappa shape index (κ1) is 20.2. The van der Waals surface area contributed by atoms with Crippen LogP contribution < -0.4 is 10.3 Å². The van der Waals surface area contributed by atoms with Crippen molar-refractivity contribution in [3.05, 3.63) is 113 Å². The van der Waals surface area contributed by atoms with Gasteiger partial charge >= 0.3 is 0 Å². The maximum atomic E-state index is 14.0. The van der Waals surface area contributed by atoms with Gasteiger partial charge in [-0.1, -0.05) is 66.2 Å². The van der Waals surface area contributed by atoms with Crippen LogP contribution >= 0.6 is 0 Å². The van der Waals surface area contributed by atoms with Gasteiger partial charge in [0, 0.05) is 10.9 Å². The fourth-order valence-electron chi connectivity index (χ4n) is 4.74. The lowest BCUT2D eigenvalue weighted by Crippen LogP contribution is -2.18. The maximum Gasteiger partial charge on any atom is 0.266 e. The third-order valence-corrected chi connectivity index (χ3v) is 6.35. The number of benzene rings is 4. The van der Waals surface area contributed by atoms with E-state index in [2.05, 4.69) is 37.3 Å². The van der Waals surface area contributed by atoms with E-state index in [-0.39, 0.29) is 5.56 Å². The van der Waals surface area contributed by atoms with E-state index in [0.717, 1.165) is 44.5 Å². The average Bonchev–Trinajstić information content (AvgIpc) is 2.88. The molecular formula is C30H22N2O2. The molecule has 164 valence electrons. The van der Waals surface area contributed by atoms with Crippen molar-refractivity contribution in [2.75, 3.05) is 7.11 Å². The summed E-state index contributed by atoms with van der Waals surface area (Å²) < 4.78 is 7.18. The predicted octanol–water partition coefficient (Wildman–Crippen LogP) is 6.65. The van der Waals surface area contributed by atoms with Crippen LogP contribution in [0.5, 0.6) is 5.75 Å². The van der Waals surface area contributed by atoms with Crippen LogP contribution in [0, 0.1) is 6.92 Å². The molecule has 4 aromatic carbocycles. The quantitative estimate of drug-likeness (QED) is 0.228. The molecule has 0 fully saturated rings. The van der Waals surface area contributed by atoms with E-state index in [4.69, 9.17) is 9.72 Å². The van der Waals surface area contributed by atoms with Crippen molar-refractivity contribution in [2.45, 2.75) is 6.92 Å². The first-order chi connectivity index (χ1) is 16.7. The molecule has 0 saturated heterocycles. The maximum absolute atomic E-state index is 14.0. The molecule has 0 atom stereocenters. The number of aryl methyl sites for hydroxylation is 1. The van der Waals surface area contributed by atoms with Crippen molar-refractivity contribution < 1.29 is 4.74 Å². The van der Waals surface area contributed by atoms with E-state index in [1.165, 1.54) is 0 Å². The molecule has 6 aromatic rings. The van der Waals surface area contributed by atoms with E-state index in [0.29, 0.717) is 16.6 Å². The van der Waals surface area contributed by atoms with Crippen LogP contribution in [0.1, 0.15) is 5.56 Å². The third-order valence-electron chi connectivity index (χ3n) is 6.35. The van der Waals surface area contributed by atoms with Crippen LogP contribution in [-0.2, 0) is 0 Å². The van der Waals surface area contributed by atoms with Gasteiger partial charge in [0.05, 0.1) is 23.7 Å². The lowest BCUT2D eigenvalue weighted by molar-refractivity contribution is 0.415. The van der Waals surface area contributed by atoms with Gasteiger partial charge in [-0.2, -0.15) is 0 Å². The van der Waals surface area contributed by atoms with E-state index in [9.17, 15) is 4.79 Å². The van der Waals surface area contributed by atoms with Crippen molar-refractivity contribution in [1.29, 1.82) is 0 Å². The number of aromatic nitrogens is 2. The lowest BCUT2D eigenvalue weighted by atomic mass is 9.92. The summed E-state index contributed by atoms with van der Waals surface area (Å²) in [6.07, 6.45) is 0. The molecule has 0 amide bonds. The van der Waals surface area contributed by atoms with Gasteiger partial charge in [0.15, 0.2) is 0 Å². The Morgan fingerprint density at radius 1 is 0.735 bits per heavy atom. The van der Waals surface area contributed by atoms with Gasteiger partial charge in [0.25, 0.3) is 5.56 Å². The molecule has 4 heteroatoms. The highest BCUT2D eigenvalue weighted by molar-refractivity contribution is 6.09. The zero-order valence-electron chi connectivity index (χ0n) is 18.9. The Kier molecular flexibility index (Phi) is 4.66. The van der Waals surface area contributed by atoms with Crippen molar-refractivity contribution in [2.24, 2.45) is 0 Å². The monoisotopic (exact) mass is 442 g/mol. The summed E-state index contributed by atoms with van der Waals surface area (Å²) in [6, 6.07) is 32.0. The van der Waals surface area contributed by atoms with Crippen LogP contribution in [0.2, 0.25) is 0 Å². The highest BCUT2D eigenvalue weighted by Gasteiger charge is 2.21. The first-order valence-corrected chi connectivity index (χ1v) is 11.2. The van der Waals surface area contributed by atoms with Crippen LogP contribution in [0.4, 0.5) is 0 Å². The molecule has 0 aliphatic rings. The number of ether oxygens (including phenoxy) is 1. The smallest absolute Gasteiger partial charge is 0.266 e. The van der Waals surface area contributed by atoms with Crippen LogP contribution in [0.3, 0.4) is 0 Å². The molecule has 6 rings (SSSR count). The van der Waals surface area contributed by atoms with Gasteiger partial charge < -0.3 is 4.74 Å². The molecule has 0 radical (unpaired) electrons. The van der Waals surface area contributed by atoms with Gasteiger partial charge in [-0.3, -0.25) is 9.20 Å². The zero-order chi connectivity index (χ0) is 23.2. The number of hydrogen-bond acceptors (Lipinski definition) is 3. The number of para-hydroxylation sites is 1. The number of rotatable bonds is 3. The Balaban J connectivity index is 1.92. The molecule has 0 unspecified atom stereocenters. The molecule has 0 N–H and O–H groups in total. The minimum atomic E-state index is -0.0777. The van der Waals surface area contributed by atoms with E-state index >= 15 is 0 Å². The summed E-state index contributed by atoms with van der Waals surface area (Å²) in [5.41, 5.74) is 6.23. The highest BCUT2D eigenvalue weighted by Crippen LogP contribution is 2.40. The van der Waals surface area contributed by atoms with Crippen molar-refractivity contribution in [1.82, 2.24) is 9.38 Å². The second-order valence-electron chi connectivity index (χ2n) is 8.46. The molecule has 4 nitrogen and oxygen atoms in total. The van der Waals surface area contributed by atoms with Crippen LogP contribution in [0.15, 0.2) is 102 Å². The fourth-order valence-corrected chi connectivity index (χ4v) is 4.74. The van der Waals surface area contributed by atoms with Crippen molar-refractivity contribution in [3.63, 3.8) is 0 Å². The van der Waals surface area contributed by atoms with Crippen molar-refractivity contribution in [3.8, 4) is 28.1 Å². The van der Waals surface area contributed by atoms with Gasteiger partial charge in [-0.15, -0.1) is 0 Å². The second kappa shape index (κ2) is 7.85. The largest absolute Gasteiger partial charge is 0.497 e. The molecule has 2 aromatic heterocycles. The highest BCUT2D eigenvalue weighted by atomic mass is 16.5. The Bertz CT molecular complexity index is 1750. The van der Waals surface area contributed by atoms with Gasteiger partial charge in [-0.25, -0.2) is 4.98 Å². The number of nitrogens with zero attached hydrogens (tertiary/aromatic N) is 2. The number of fused-ring (bicyclic) bond motifs is 4. The normalized spacial score (nSPS) is 11.4. The summed E-state index contributed by atoms with van der Waals surface area (Å²) in [7, 11) is 1.65. The van der Waals surface area contributed by atoms with Gasteiger partial charge in [0.2, 0.25) is 0 Å². The van der Waals surface area contributed by atoms with E-state index < -0.39 is 0 Å². The molecule has 0 bridgehead atoms. The summed E-state index contributed by atoms with van der Waals surface area (Å²) in [4.78, 5) is 19.0. The molecule has 0 aliphatic carbocycles. The predicted molar refractivity (Wildman–Crippen MR) is 139 cm³/mol. The summed E-state index contributed by atoms with van der Waals surface area (Å²) in [5.74, 6) is 0.766. The van der Waals surface area contributed by atoms with E-state index in [1.54, 1.807) is 11.5 Å². The van der Waals surface area contributed by atoms with E-state index in [1.807, 2.05) is 66.7 Å². The second-order valence-corrected chi connectivity index (χ2v) is 8.46. The Labute approximate surface area is 196 Å². The standard InChI is InChI=1S/C30H22N2O2/c1-19-12-17-23-25(18-19)27(20-8-4-3-5-9-20)28(21-13-15-22(34-2)16-14-21)32-29(23)31-26-11-7-6-10-24(26)30(32)33/h3-18H,1-2H3. The van der Waals surface area contributed by atoms with Crippen LogP contribution in [-0.4, -0.2) is 16.5 Å². The molecule has 0 aliphatic heterocycles. The molecule has 34 heavy (non-hydrogen) atoms. The first-order valence-electron chi connectivity index (χ1n) is 11.2. The van der Waals surface area contributed by atoms with Gasteiger partial charge in [0.1, 0.15) is 11.4 Å². The number of hydrogen-bond donors (Lipinski definition) is 0. The SMILES string of the molecule is COc1ccc(-c2c(-c3ccccc3)c3cc(C)ccc3c3nc4ccccc4c(=O)n23)cc1. The molecule has 0 saturated carbocycles. The Morgan fingerprint density at radius 3 is 2.24 bits per heavy atom. The lowest BCUT2D eigenvalue weighted by Gasteiger charge is -2.19. The summed E-state index contributed by atoms with van der Waals surface area (Å²) in [6.45, 7) is 2.09. The Hall–Kier alpha value is -4.44. The fraction of sp³-hybridized carbons (Fsp3) is 0.0667. The molecule has 2 heterocycles.